The fourth-order valence-electron chi connectivity index (χ4n) is 1.59. The Morgan fingerprint density at radius 2 is 1.87 bits per heavy atom. The summed E-state index contributed by atoms with van der Waals surface area (Å²) in [6.45, 7) is 7.09. The van der Waals surface area contributed by atoms with Gasteiger partial charge in [0.05, 0.1) is 5.75 Å². The molecule has 23 heavy (non-hydrogen) atoms. The van der Waals surface area contributed by atoms with Crippen LogP contribution in [-0.4, -0.2) is 36.3 Å². The Morgan fingerprint density at radius 1 is 1.17 bits per heavy atom. The summed E-state index contributed by atoms with van der Waals surface area (Å²) in [6.07, 6.45) is 0. The third-order valence-corrected chi connectivity index (χ3v) is 3.84. The normalized spacial score (nSPS) is 10.3. The van der Waals surface area contributed by atoms with E-state index < -0.39 is 24.5 Å². The maximum atomic E-state index is 11.6. The van der Waals surface area contributed by atoms with Crippen molar-refractivity contribution in [3.63, 3.8) is 0 Å². The summed E-state index contributed by atoms with van der Waals surface area (Å²) in [6, 6.07) is 5.23. The lowest BCUT2D eigenvalue weighted by Crippen LogP contribution is -2.44. The molecule has 0 atom stereocenters. The number of urea groups is 1. The molecule has 0 aliphatic rings. The molecule has 0 spiro atoms. The monoisotopic (exact) mass is 338 g/mol. The van der Waals surface area contributed by atoms with Gasteiger partial charge in [0, 0.05) is 10.9 Å². The molecule has 1 rings (SSSR count). The third-order valence-electron chi connectivity index (χ3n) is 2.87. The maximum Gasteiger partial charge on any atom is 0.321 e. The van der Waals surface area contributed by atoms with E-state index in [2.05, 4.69) is 10.6 Å². The van der Waals surface area contributed by atoms with Crippen molar-refractivity contribution in [1.82, 2.24) is 10.6 Å². The second-order valence-electron chi connectivity index (χ2n) is 5.37. The quantitative estimate of drug-likeness (QED) is 0.613. The number of esters is 1. The molecule has 0 radical (unpaired) electrons. The molecule has 7 heteroatoms. The highest BCUT2D eigenvalue weighted by molar-refractivity contribution is 8.00. The summed E-state index contributed by atoms with van der Waals surface area (Å²) < 4.78 is 4.83. The van der Waals surface area contributed by atoms with E-state index in [1.807, 2.05) is 32.0 Å². The highest BCUT2D eigenvalue weighted by atomic mass is 32.2. The molecule has 0 unspecified atom stereocenters. The van der Waals surface area contributed by atoms with Crippen molar-refractivity contribution in [1.29, 1.82) is 0 Å². The molecule has 0 aliphatic heterocycles. The highest BCUT2D eigenvalue weighted by Crippen LogP contribution is 2.20. The van der Waals surface area contributed by atoms with Crippen LogP contribution in [0.3, 0.4) is 0 Å². The van der Waals surface area contributed by atoms with Gasteiger partial charge in [-0.25, -0.2) is 4.79 Å². The Hall–Kier alpha value is -2.02. The molecular weight excluding hydrogens is 316 g/mol. The van der Waals surface area contributed by atoms with Crippen LogP contribution < -0.4 is 10.6 Å². The fraction of sp³-hybridized carbons (Fsp3) is 0.438. The smallest absolute Gasteiger partial charge is 0.321 e. The summed E-state index contributed by atoms with van der Waals surface area (Å²) in [7, 11) is 0. The van der Waals surface area contributed by atoms with E-state index in [1.165, 1.54) is 17.3 Å². The molecule has 3 amide bonds. The van der Waals surface area contributed by atoms with Gasteiger partial charge in [-0.1, -0.05) is 6.07 Å². The predicted octanol–water partition coefficient (Wildman–Crippen LogP) is 2.17. The van der Waals surface area contributed by atoms with Gasteiger partial charge < -0.3 is 10.1 Å². The minimum atomic E-state index is -0.660. The zero-order valence-electron chi connectivity index (χ0n) is 13.8. The van der Waals surface area contributed by atoms with Crippen LogP contribution in [0.25, 0.3) is 0 Å². The minimum absolute atomic E-state index is 0.0836. The molecular formula is C16H22N2O4S. The van der Waals surface area contributed by atoms with Crippen molar-refractivity contribution < 1.29 is 19.1 Å². The van der Waals surface area contributed by atoms with Gasteiger partial charge in [-0.15, -0.1) is 11.8 Å². The number of hydrogen-bond donors (Lipinski definition) is 2. The summed E-state index contributed by atoms with van der Waals surface area (Å²) in [5.41, 5.74) is 2.34. The maximum absolute atomic E-state index is 11.6. The lowest BCUT2D eigenvalue weighted by molar-refractivity contribution is -0.145. The highest BCUT2D eigenvalue weighted by Gasteiger charge is 2.12. The van der Waals surface area contributed by atoms with E-state index >= 15 is 0 Å². The average molecular weight is 338 g/mol. The van der Waals surface area contributed by atoms with Crippen molar-refractivity contribution in [2.75, 3.05) is 12.4 Å². The molecule has 1 aromatic carbocycles. The minimum Gasteiger partial charge on any atom is -0.455 e. The molecule has 126 valence electrons. The van der Waals surface area contributed by atoms with Crippen LogP contribution in [0.15, 0.2) is 23.1 Å². The number of nitrogens with one attached hydrogen (secondary N) is 2. The number of imide groups is 1. The van der Waals surface area contributed by atoms with Crippen molar-refractivity contribution in [2.45, 2.75) is 38.6 Å². The number of hydrogen-bond acceptors (Lipinski definition) is 5. The molecule has 0 aliphatic carbocycles. The largest absolute Gasteiger partial charge is 0.455 e. The van der Waals surface area contributed by atoms with Crippen LogP contribution in [0, 0.1) is 13.8 Å². The van der Waals surface area contributed by atoms with Crippen LogP contribution >= 0.6 is 11.8 Å². The molecule has 1 aromatic rings. The summed E-state index contributed by atoms with van der Waals surface area (Å²) in [4.78, 5) is 35.3. The van der Waals surface area contributed by atoms with E-state index in [9.17, 15) is 14.4 Å². The van der Waals surface area contributed by atoms with Crippen LogP contribution in [0.2, 0.25) is 0 Å². The lowest BCUT2D eigenvalue weighted by atomic mass is 10.1. The Balaban J connectivity index is 2.30. The second kappa shape index (κ2) is 9.19. The van der Waals surface area contributed by atoms with Crippen LogP contribution in [0.5, 0.6) is 0 Å². The van der Waals surface area contributed by atoms with Crippen molar-refractivity contribution in [3.05, 3.63) is 29.3 Å². The van der Waals surface area contributed by atoms with E-state index in [-0.39, 0.29) is 11.8 Å². The Bertz CT molecular complexity index is 587. The number of thioether (sulfide) groups is 1. The first-order valence-corrected chi connectivity index (χ1v) is 8.22. The summed E-state index contributed by atoms with van der Waals surface area (Å²) >= 11 is 1.34. The van der Waals surface area contributed by atoms with Crippen LogP contribution in [0.1, 0.15) is 25.0 Å². The first kappa shape index (κ1) is 19.0. The van der Waals surface area contributed by atoms with Gasteiger partial charge in [-0.05, 0) is 51.0 Å². The van der Waals surface area contributed by atoms with Crippen LogP contribution in [-0.2, 0) is 14.3 Å². The summed E-state index contributed by atoms with van der Waals surface area (Å²) in [5, 5.41) is 4.58. The number of carbonyl (C=O) groups is 3. The van der Waals surface area contributed by atoms with E-state index in [0.29, 0.717) is 0 Å². The number of ether oxygens (including phenoxy) is 1. The van der Waals surface area contributed by atoms with Gasteiger partial charge in [-0.3, -0.25) is 14.9 Å². The number of aryl methyl sites for hydroxylation is 2. The molecule has 0 bridgehead atoms. The second-order valence-corrected chi connectivity index (χ2v) is 6.42. The van der Waals surface area contributed by atoms with Gasteiger partial charge in [0.2, 0.25) is 0 Å². The van der Waals surface area contributed by atoms with Gasteiger partial charge in [-0.2, -0.15) is 0 Å². The molecule has 0 aromatic heterocycles. The fourth-order valence-corrected chi connectivity index (χ4v) is 2.39. The van der Waals surface area contributed by atoms with Gasteiger partial charge >= 0.3 is 12.0 Å². The molecule has 6 nitrogen and oxygen atoms in total. The van der Waals surface area contributed by atoms with Gasteiger partial charge in [0.25, 0.3) is 5.91 Å². The number of rotatable bonds is 6. The third kappa shape index (κ3) is 7.69. The SMILES string of the molecule is Cc1ccc(SCC(=O)OCC(=O)NC(=O)NC(C)C)cc1C. The molecule has 2 N–H and O–H groups in total. The number of carbonyl (C=O) groups excluding carboxylic acids is 3. The zero-order chi connectivity index (χ0) is 17.4. The van der Waals surface area contributed by atoms with E-state index in [4.69, 9.17) is 4.74 Å². The van der Waals surface area contributed by atoms with Crippen molar-refractivity contribution in [2.24, 2.45) is 0 Å². The average Bonchev–Trinajstić information content (AvgIpc) is 2.45. The molecule has 0 fully saturated rings. The molecule has 0 saturated heterocycles. The first-order chi connectivity index (χ1) is 10.8. The van der Waals surface area contributed by atoms with Gasteiger partial charge in [0.15, 0.2) is 6.61 Å². The van der Waals surface area contributed by atoms with E-state index in [0.717, 1.165) is 10.5 Å². The zero-order valence-corrected chi connectivity index (χ0v) is 14.6. The Morgan fingerprint density at radius 3 is 2.48 bits per heavy atom. The van der Waals surface area contributed by atoms with E-state index in [1.54, 1.807) is 13.8 Å². The lowest BCUT2D eigenvalue weighted by Gasteiger charge is -2.09. The number of benzene rings is 1. The molecule has 0 heterocycles. The topological polar surface area (TPSA) is 84.5 Å². The number of amides is 3. The first-order valence-electron chi connectivity index (χ1n) is 7.24. The standard InChI is InChI=1S/C16H22N2O4S/c1-10(2)17-16(21)18-14(19)8-22-15(20)9-23-13-6-5-11(3)12(4)7-13/h5-7,10H,8-9H2,1-4H3,(H2,17,18,19,21). The summed E-state index contributed by atoms with van der Waals surface area (Å²) in [5.74, 6) is -1.06. The molecule has 0 saturated carbocycles. The Labute approximate surface area is 140 Å². The Kier molecular flexibility index (Phi) is 7.61. The van der Waals surface area contributed by atoms with Gasteiger partial charge in [0.1, 0.15) is 0 Å². The van der Waals surface area contributed by atoms with Crippen molar-refractivity contribution in [3.8, 4) is 0 Å². The van der Waals surface area contributed by atoms with Crippen molar-refractivity contribution >= 4 is 29.7 Å². The van der Waals surface area contributed by atoms with Crippen LogP contribution in [0.4, 0.5) is 4.79 Å². The predicted molar refractivity (Wildman–Crippen MR) is 89.4 cm³/mol.